The molecule has 0 aliphatic carbocycles. The van der Waals surface area contributed by atoms with E-state index in [2.05, 4.69) is 9.88 Å². The Morgan fingerprint density at radius 1 is 1.48 bits per heavy atom. The lowest BCUT2D eigenvalue weighted by molar-refractivity contribution is 0.171. The molecule has 6 heteroatoms. The van der Waals surface area contributed by atoms with Gasteiger partial charge in [-0.1, -0.05) is 23.7 Å². The maximum atomic E-state index is 13.4. The number of likely N-dealkylation sites (tertiary alicyclic amines) is 1. The third kappa shape index (κ3) is 2.95. The lowest BCUT2D eigenvalue weighted by Gasteiger charge is -2.24. The van der Waals surface area contributed by atoms with E-state index in [1.807, 2.05) is 17.7 Å². The molecule has 1 aromatic heterocycles. The van der Waals surface area contributed by atoms with Gasteiger partial charge in [0.25, 0.3) is 0 Å². The van der Waals surface area contributed by atoms with E-state index in [9.17, 15) is 9.50 Å². The van der Waals surface area contributed by atoms with Gasteiger partial charge in [-0.05, 0) is 24.1 Å². The Balaban J connectivity index is 1.84. The zero-order valence-corrected chi connectivity index (χ0v) is 12.5. The van der Waals surface area contributed by atoms with Gasteiger partial charge in [-0.2, -0.15) is 0 Å². The molecule has 1 aliphatic rings. The van der Waals surface area contributed by atoms with Crippen molar-refractivity contribution in [3.05, 3.63) is 52.8 Å². The van der Waals surface area contributed by atoms with Crippen LogP contribution < -0.4 is 0 Å². The molecule has 1 fully saturated rings. The summed E-state index contributed by atoms with van der Waals surface area (Å²) in [6.07, 6.45) is 1.80. The summed E-state index contributed by atoms with van der Waals surface area (Å²) in [7, 11) is 1.86. The number of rotatable bonds is 3. The Morgan fingerprint density at radius 2 is 2.29 bits per heavy atom. The van der Waals surface area contributed by atoms with Crippen LogP contribution in [0.1, 0.15) is 23.9 Å². The minimum absolute atomic E-state index is 0.00817. The number of aliphatic hydroxyl groups is 1. The second-order valence-corrected chi connectivity index (χ2v) is 5.83. The maximum Gasteiger partial charge on any atom is 0.128 e. The summed E-state index contributed by atoms with van der Waals surface area (Å²) < 4.78 is 15.2. The highest BCUT2D eigenvalue weighted by atomic mass is 35.5. The van der Waals surface area contributed by atoms with Crippen molar-refractivity contribution in [1.82, 2.24) is 14.5 Å². The van der Waals surface area contributed by atoms with E-state index in [4.69, 9.17) is 11.6 Å². The summed E-state index contributed by atoms with van der Waals surface area (Å²) in [5.74, 6) is 0.573. The van der Waals surface area contributed by atoms with Gasteiger partial charge in [0.05, 0.1) is 18.8 Å². The van der Waals surface area contributed by atoms with Gasteiger partial charge < -0.3 is 9.67 Å². The molecule has 2 atom stereocenters. The fourth-order valence-electron chi connectivity index (χ4n) is 2.87. The molecule has 2 aromatic rings. The summed E-state index contributed by atoms with van der Waals surface area (Å²) >= 11 is 6.00. The minimum atomic E-state index is -0.408. The Labute approximate surface area is 127 Å². The molecule has 0 bridgehead atoms. The van der Waals surface area contributed by atoms with E-state index in [1.54, 1.807) is 12.3 Å². The molecule has 21 heavy (non-hydrogen) atoms. The number of imidazole rings is 1. The SMILES string of the molecule is Cn1c(Cl)cnc1CN1C[C@H](O)C[C@@H]1c1cccc(F)c1. The van der Waals surface area contributed by atoms with Gasteiger partial charge in [0.1, 0.15) is 16.8 Å². The van der Waals surface area contributed by atoms with Crippen LogP contribution in [0, 0.1) is 5.82 Å². The first-order valence-corrected chi connectivity index (χ1v) is 7.26. The van der Waals surface area contributed by atoms with Crippen LogP contribution in [0.2, 0.25) is 5.15 Å². The lowest BCUT2D eigenvalue weighted by Crippen LogP contribution is -2.26. The van der Waals surface area contributed by atoms with Gasteiger partial charge in [0.15, 0.2) is 0 Å². The normalized spacial score (nSPS) is 22.9. The third-order valence-corrected chi connectivity index (χ3v) is 4.34. The highest BCUT2D eigenvalue weighted by molar-refractivity contribution is 6.29. The predicted octanol–water partition coefficient (Wildman–Crippen LogP) is 2.52. The van der Waals surface area contributed by atoms with Crippen LogP contribution in [0.25, 0.3) is 0 Å². The average Bonchev–Trinajstić information content (AvgIpc) is 2.96. The van der Waals surface area contributed by atoms with Crippen molar-refractivity contribution < 1.29 is 9.50 Å². The molecule has 0 unspecified atom stereocenters. The highest BCUT2D eigenvalue weighted by Crippen LogP contribution is 2.33. The van der Waals surface area contributed by atoms with Crippen molar-refractivity contribution in [3.8, 4) is 0 Å². The number of halogens is 2. The van der Waals surface area contributed by atoms with E-state index >= 15 is 0 Å². The van der Waals surface area contributed by atoms with Gasteiger partial charge in [-0.15, -0.1) is 0 Å². The molecular formula is C15H17ClFN3O. The summed E-state index contributed by atoms with van der Waals surface area (Å²) in [6.45, 7) is 1.12. The Hall–Kier alpha value is -1.43. The smallest absolute Gasteiger partial charge is 0.128 e. The molecule has 0 saturated carbocycles. The monoisotopic (exact) mass is 309 g/mol. The second-order valence-electron chi connectivity index (χ2n) is 5.45. The van der Waals surface area contributed by atoms with Crippen LogP contribution in [0.5, 0.6) is 0 Å². The topological polar surface area (TPSA) is 41.3 Å². The molecule has 2 heterocycles. The number of aliphatic hydroxyl groups excluding tert-OH is 1. The lowest BCUT2D eigenvalue weighted by atomic mass is 10.0. The van der Waals surface area contributed by atoms with E-state index in [1.165, 1.54) is 12.1 Å². The molecule has 112 valence electrons. The summed E-state index contributed by atoms with van der Waals surface area (Å²) in [6, 6.07) is 6.54. The Kier molecular flexibility index (Phi) is 3.97. The van der Waals surface area contributed by atoms with Gasteiger partial charge in [-0.3, -0.25) is 4.90 Å². The summed E-state index contributed by atoms with van der Waals surface area (Å²) in [5.41, 5.74) is 0.881. The van der Waals surface area contributed by atoms with Crippen LogP contribution >= 0.6 is 11.6 Å². The number of benzene rings is 1. The fraction of sp³-hybridized carbons (Fsp3) is 0.400. The summed E-state index contributed by atoms with van der Waals surface area (Å²) in [4.78, 5) is 6.39. The van der Waals surface area contributed by atoms with Crippen molar-refractivity contribution in [2.24, 2.45) is 7.05 Å². The quantitative estimate of drug-likeness (QED) is 0.947. The first-order valence-electron chi connectivity index (χ1n) is 6.88. The molecule has 0 radical (unpaired) electrons. The van der Waals surface area contributed by atoms with E-state index < -0.39 is 6.10 Å². The van der Waals surface area contributed by atoms with Crippen LogP contribution in [0.3, 0.4) is 0 Å². The largest absolute Gasteiger partial charge is 0.392 e. The number of aromatic nitrogens is 2. The molecule has 1 N–H and O–H groups in total. The zero-order valence-electron chi connectivity index (χ0n) is 11.7. The van der Waals surface area contributed by atoms with Crippen molar-refractivity contribution in [3.63, 3.8) is 0 Å². The van der Waals surface area contributed by atoms with E-state index in [0.717, 1.165) is 11.4 Å². The highest BCUT2D eigenvalue weighted by Gasteiger charge is 2.32. The molecule has 3 rings (SSSR count). The van der Waals surface area contributed by atoms with E-state index in [0.29, 0.717) is 24.7 Å². The van der Waals surface area contributed by atoms with Gasteiger partial charge in [0.2, 0.25) is 0 Å². The van der Waals surface area contributed by atoms with Crippen molar-refractivity contribution in [2.75, 3.05) is 6.54 Å². The van der Waals surface area contributed by atoms with Gasteiger partial charge >= 0.3 is 0 Å². The van der Waals surface area contributed by atoms with Crippen LogP contribution in [0.4, 0.5) is 4.39 Å². The zero-order chi connectivity index (χ0) is 15.0. The van der Waals surface area contributed by atoms with Crippen LogP contribution in [-0.2, 0) is 13.6 Å². The van der Waals surface area contributed by atoms with Crippen LogP contribution in [-0.4, -0.2) is 32.2 Å². The average molecular weight is 310 g/mol. The minimum Gasteiger partial charge on any atom is -0.392 e. The van der Waals surface area contributed by atoms with Crippen molar-refractivity contribution in [1.29, 1.82) is 0 Å². The predicted molar refractivity (Wildman–Crippen MR) is 78.4 cm³/mol. The van der Waals surface area contributed by atoms with Gasteiger partial charge in [0, 0.05) is 19.6 Å². The standard InChI is InChI=1S/C15H17ClFN3O/c1-19-14(16)7-18-15(19)9-20-8-12(21)6-13(20)10-3-2-4-11(17)5-10/h2-5,7,12-13,21H,6,8-9H2,1H3/t12-,13-/m1/s1. The van der Waals surface area contributed by atoms with Crippen molar-refractivity contribution >= 4 is 11.6 Å². The maximum absolute atomic E-state index is 13.4. The summed E-state index contributed by atoms with van der Waals surface area (Å²) in [5, 5.41) is 10.5. The van der Waals surface area contributed by atoms with E-state index in [-0.39, 0.29) is 11.9 Å². The number of β-amino-alcohol motifs (C(OH)–C–C–N with tert-alkyl or cyclic N) is 1. The molecule has 1 saturated heterocycles. The third-order valence-electron chi connectivity index (χ3n) is 3.99. The molecule has 4 nitrogen and oxygen atoms in total. The Morgan fingerprint density at radius 3 is 2.95 bits per heavy atom. The van der Waals surface area contributed by atoms with Crippen molar-refractivity contribution in [2.45, 2.75) is 25.1 Å². The number of hydrogen-bond donors (Lipinski definition) is 1. The first kappa shape index (κ1) is 14.5. The van der Waals surface area contributed by atoms with Crippen LogP contribution in [0.15, 0.2) is 30.5 Å². The molecular weight excluding hydrogens is 293 g/mol. The first-order chi connectivity index (χ1) is 10.0. The Bertz CT molecular complexity index is 646. The molecule has 0 spiro atoms. The number of nitrogens with zero attached hydrogens (tertiary/aromatic N) is 3. The van der Waals surface area contributed by atoms with Gasteiger partial charge in [-0.25, -0.2) is 9.37 Å². The molecule has 1 aromatic carbocycles. The molecule has 1 aliphatic heterocycles. The fourth-order valence-corrected chi connectivity index (χ4v) is 3.01. The second kappa shape index (κ2) is 5.75. The number of hydrogen-bond acceptors (Lipinski definition) is 3. The molecule has 0 amide bonds.